The van der Waals surface area contributed by atoms with Crippen LogP contribution in [0.15, 0.2) is 30.3 Å². The molecule has 104 valence electrons. The Morgan fingerprint density at radius 3 is 2.47 bits per heavy atom. The van der Waals surface area contributed by atoms with Gasteiger partial charge in [0, 0.05) is 20.0 Å². The van der Waals surface area contributed by atoms with E-state index >= 15 is 0 Å². The predicted molar refractivity (Wildman–Crippen MR) is 72.7 cm³/mol. The highest BCUT2D eigenvalue weighted by Gasteiger charge is 2.17. The molecule has 1 N–H and O–H groups in total. The van der Waals surface area contributed by atoms with E-state index in [1.807, 2.05) is 37.3 Å². The fourth-order valence-electron chi connectivity index (χ4n) is 1.89. The number of benzene rings is 1. The van der Waals surface area contributed by atoms with E-state index in [9.17, 15) is 9.59 Å². The molecule has 0 saturated heterocycles. The van der Waals surface area contributed by atoms with Crippen molar-refractivity contribution in [3.8, 4) is 0 Å². The van der Waals surface area contributed by atoms with E-state index in [0.29, 0.717) is 13.1 Å². The molecule has 0 fully saturated rings. The summed E-state index contributed by atoms with van der Waals surface area (Å²) < 4.78 is 4.48. The second-order valence-electron chi connectivity index (χ2n) is 4.22. The van der Waals surface area contributed by atoms with E-state index < -0.39 is 6.09 Å². The van der Waals surface area contributed by atoms with Crippen LogP contribution in [-0.4, -0.2) is 37.1 Å². The quantitative estimate of drug-likeness (QED) is 0.884. The van der Waals surface area contributed by atoms with Crippen molar-refractivity contribution in [1.29, 1.82) is 0 Å². The standard InChI is InChI=1S/C14H20N2O3/c1-11(13-7-5-4-6-8-13)16(12(2)17)10-9-15-14(18)19-3/h4-8,11H,9-10H2,1-3H3,(H,15,18). The maximum absolute atomic E-state index is 11.7. The Bertz CT molecular complexity index is 420. The molecule has 0 aliphatic rings. The zero-order valence-electron chi connectivity index (χ0n) is 11.6. The van der Waals surface area contributed by atoms with Gasteiger partial charge >= 0.3 is 6.09 Å². The number of hydrogen-bond acceptors (Lipinski definition) is 3. The number of rotatable bonds is 5. The summed E-state index contributed by atoms with van der Waals surface area (Å²) in [6.07, 6.45) is -0.490. The van der Waals surface area contributed by atoms with Crippen LogP contribution < -0.4 is 5.32 Å². The smallest absolute Gasteiger partial charge is 0.406 e. The number of hydrogen-bond donors (Lipinski definition) is 1. The molecule has 0 saturated carbocycles. The van der Waals surface area contributed by atoms with Crippen LogP contribution in [0, 0.1) is 0 Å². The fraction of sp³-hybridized carbons (Fsp3) is 0.429. The minimum absolute atomic E-state index is 0.0250. The highest BCUT2D eigenvalue weighted by Crippen LogP contribution is 2.19. The highest BCUT2D eigenvalue weighted by molar-refractivity contribution is 5.74. The predicted octanol–water partition coefficient (Wildman–Crippen LogP) is 1.95. The molecule has 1 unspecified atom stereocenters. The molecule has 0 spiro atoms. The molecule has 5 nitrogen and oxygen atoms in total. The van der Waals surface area contributed by atoms with Crippen molar-refractivity contribution in [2.45, 2.75) is 19.9 Å². The second-order valence-corrected chi connectivity index (χ2v) is 4.22. The van der Waals surface area contributed by atoms with Crippen LogP contribution in [-0.2, 0) is 9.53 Å². The lowest BCUT2D eigenvalue weighted by Gasteiger charge is -2.28. The Morgan fingerprint density at radius 1 is 1.32 bits per heavy atom. The van der Waals surface area contributed by atoms with Crippen molar-refractivity contribution in [1.82, 2.24) is 10.2 Å². The van der Waals surface area contributed by atoms with Crippen LogP contribution >= 0.6 is 0 Å². The molecule has 2 amide bonds. The molecule has 19 heavy (non-hydrogen) atoms. The molecule has 0 heterocycles. The molecule has 0 radical (unpaired) electrons. The van der Waals surface area contributed by atoms with Crippen LogP contribution in [0.3, 0.4) is 0 Å². The molecule has 1 atom stereocenters. The van der Waals surface area contributed by atoms with E-state index in [2.05, 4.69) is 10.1 Å². The van der Waals surface area contributed by atoms with Crippen LogP contribution in [0.5, 0.6) is 0 Å². The molecule has 1 aromatic rings. The first-order chi connectivity index (χ1) is 9.06. The van der Waals surface area contributed by atoms with Gasteiger partial charge in [-0.25, -0.2) is 4.79 Å². The summed E-state index contributed by atoms with van der Waals surface area (Å²) in [6.45, 7) is 4.30. The summed E-state index contributed by atoms with van der Waals surface area (Å²) in [4.78, 5) is 24.4. The maximum atomic E-state index is 11.7. The van der Waals surface area contributed by atoms with Crippen molar-refractivity contribution in [2.24, 2.45) is 0 Å². The molecule has 1 rings (SSSR count). The second kappa shape index (κ2) is 7.41. The molecule has 0 aromatic heterocycles. The Morgan fingerprint density at radius 2 is 1.95 bits per heavy atom. The van der Waals surface area contributed by atoms with Crippen LogP contribution in [0.4, 0.5) is 4.79 Å². The lowest BCUT2D eigenvalue weighted by Crippen LogP contribution is -2.38. The third kappa shape index (κ3) is 4.62. The molecular formula is C14H20N2O3. The highest BCUT2D eigenvalue weighted by atomic mass is 16.5. The third-order valence-corrected chi connectivity index (χ3v) is 2.96. The summed E-state index contributed by atoms with van der Waals surface area (Å²) in [5.74, 6) is -0.0250. The van der Waals surface area contributed by atoms with E-state index in [-0.39, 0.29) is 11.9 Å². The number of methoxy groups -OCH3 is 1. The van der Waals surface area contributed by atoms with Gasteiger partial charge in [0.2, 0.25) is 5.91 Å². The van der Waals surface area contributed by atoms with Crippen molar-refractivity contribution >= 4 is 12.0 Å². The first kappa shape index (κ1) is 15.0. The SMILES string of the molecule is COC(=O)NCCN(C(C)=O)C(C)c1ccccc1. The first-order valence-corrected chi connectivity index (χ1v) is 6.20. The largest absolute Gasteiger partial charge is 0.453 e. The summed E-state index contributed by atoms with van der Waals surface area (Å²) in [6, 6.07) is 9.75. The van der Waals surface area contributed by atoms with Gasteiger partial charge < -0.3 is 15.0 Å². The van der Waals surface area contributed by atoms with Crippen molar-refractivity contribution in [2.75, 3.05) is 20.2 Å². The number of nitrogens with one attached hydrogen (secondary N) is 1. The first-order valence-electron chi connectivity index (χ1n) is 6.20. The number of nitrogens with zero attached hydrogens (tertiary/aromatic N) is 1. The van der Waals surface area contributed by atoms with Gasteiger partial charge in [-0.2, -0.15) is 0 Å². The van der Waals surface area contributed by atoms with E-state index in [1.165, 1.54) is 14.0 Å². The van der Waals surface area contributed by atoms with Gasteiger partial charge in [-0.1, -0.05) is 30.3 Å². The molecule has 0 aliphatic heterocycles. The van der Waals surface area contributed by atoms with Crippen LogP contribution in [0.1, 0.15) is 25.5 Å². The zero-order chi connectivity index (χ0) is 14.3. The van der Waals surface area contributed by atoms with Gasteiger partial charge in [-0.3, -0.25) is 4.79 Å². The number of alkyl carbamates (subject to hydrolysis) is 1. The average molecular weight is 264 g/mol. The molecule has 0 aliphatic carbocycles. The van der Waals surface area contributed by atoms with E-state index in [1.54, 1.807) is 4.90 Å². The monoisotopic (exact) mass is 264 g/mol. The maximum Gasteiger partial charge on any atom is 0.406 e. The fourth-order valence-corrected chi connectivity index (χ4v) is 1.89. The summed E-state index contributed by atoms with van der Waals surface area (Å²) in [5, 5.41) is 2.57. The molecule has 1 aromatic carbocycles. The summed E-state index contributed by atoms with van der Waals surface area (Å²) in [7, 11) is 1.31. The molecule has 5 heteroatoms. The molecular weight excluding hydrogens is 244 g/mol. The third-order valence-electron chi connectivity index (χ3n) is 2.96. The number of carbonyl (C=O) groups excluding carboxylic acids is 2. The van der Waals surface area contributed by atoms with Crippen LogP contribution in [0.25, 0.3) is 0 Å². The Hall–Kier alpha value is -2.04. The van der Waals surface area contributed by atoms with Crippen molar-refractivity contribution in [3.63, 3.8) is 0 Å². The van der Waals surface area contributed by atoms with Gasteiger partial charge in [0.25, 0.3) is 0 Å². The van der Waals surface area contributed by atoms with Gasteiger partial charge in [0.1, 0.15) is 0 Å². The van der Waals surface area contributed by atoms with E-state index in [0.717, 1.165) is 5.56 Å². The average Bonchev–Trinajstić information content (AvgIpc) is 2.43. The normalized spacial score (nSPS) is 11.5. The van der Waals surface area contributed by atoms with Crippen molar-refractivity contribution < 1.29 is 14.3 Å². The lowest BCUT2D eigenvalue weighted by molar-refractivity contribution is -0.130. The minimum Gasteiger partial charge on any atom is -0.453 e. The summed E-state index contributed by atoms with van der Waals surface area (Å²) >= 11 is 0. The Kier molecular flexibility index (Phi) is 5.85. The zero-order valence-corrected chi connectivity index (χ0v) is 11.6. The van der Waals surface area contributed by atoms with Crippen molar-refractivity contribution in [3.05, 3.63) is 35.9 Å². The molecule has 0 bridgehead atoms. The number of amides is 2. The Labute approximate surface area is 113 Å². The number of ether oxygens (including phenoxy) is 1. The number of carbonyl (C=O) groups is 2. The van der Waals surface area contributed by atoms with Gasteiger partial charge in [-0.15, -0.1) is 0 Å². The van der Waals surface area contributed by atoms with Crippen LogP contribution in [0.2, 0.25) is 0 Å². The summed E-state index contributed by atoms with van der Waals surface area (Å²) in [5.41, 5.74) is 1.07. The lowest BCUT2D eigenvalue weighted by atomic mass is 10.1. The minimum atomic E-state index is -0.490. The Balaban J connectivity index is 2.62. The van der Waals surface area contributed by atoms with Gasteiger partial charge in [0.05, 0.1) is 13.2 Å². The topological polar surface area (TPSA) is 58.6 Å². The van der Waals surface area contributed by atoms with E-state index in [4.69, 9.17) is 0 Å². The van der Waals surface area contributed by atoms with Gasteiger partial charge in [0.15, 0.2) is 0 Å². The van der Waals surface area contributed by atoms with Gasteiger partial charge in [-0.05, 0) is 12.5 Å².